The number of halogens is 1. The number of nitriles is 1. The van der Waals surface area contributed by atoms with Crippen molar-refractivity contribution >= 4 is 21.5 Å². The second-order valence-corrected chi connectivity index (χ2v) is 5.91. The van der Waals surface area contributed by atoms with Crippen molar-refractivity contribution in [1.82, 2.24) is 4.98 Å². The Hall–Kier alpha value is -2.66. The molecule has 3 N–H and O–H groups in total. The fourth-order valence-electron chi connectivity index (χ4n) is 1.65. The molecule has 0 amide bonds. The Bertz CT molecular complexity index is 844. The molecule has 0 unspecified atom stereocenters. The van der Waals surface area contributed by atoms with Gasteiger partial charge in [-0.05, 0) is 30.7 Å². The van der Waals surface area contributed by atoms with E-state index in [1.165, 1.54) is 18.3 Å². The summed E-state index contributed by atoms with van der Waals surface area (Å²) < 4.78 is 40.1. The molecule has 1 aromatic carbocycles. The van der Waals surface area contributed by atoms with Crippen LogP contribution in [-0.2, 0) is 10.0 Å². The van der Waals surface area contributed by atoms with Crippen LogP contribution < -0.4 is 10.5 Å². The van der Waals surface area contributed by atoms with E-state index in [4.69, 9.17) is 11.0 Å². The van der Waals surface area contributed by atoms with E-state index in [0.717, 1.165) is 12.1 Å². The minimum absolute atomic E-state index is 0.0369. The van der Waals surface area contributed by atoms with Crippen LogP contribution in [0.3, 0.4) is 0 Å². The number of aromatic nitrogens is 1. The van der Waals surface area contributed by atoms with Crippen molar-refractivity contribution < 1.29 is 12.8 Å². The minimum atomic E-state index is -4.12. The number of nitrogens with zero attached hydrogens (tertiary/aromatic N) is 2. The van der Waals surface area contributed by atoms with E-state index in [1.54, 1.807) is 13.0 Å². The summed E-state index contributed by atoms with van der Waals surface area (Å²) in [5, 5.41) is 8.89. The van der Waals surface area contributed by atoms with E-state index in [0.29, 0.717) is 11.3 Å². The first-order valence-corrected chi connectivity index (χ1v) is 7.27. The van der Waals surface area contributed by atoms with Crippen molar-refractivity contribution in [3.63, 3.8) is 0 Å². The zero-order valence-corrected chi connectivity index (χ0v) is 11.8. The third kappa shape index (κ3) is 2.93. The molecule has 0 saturated carbocycles. The van der Waals surface area contributed by atoms with Crippen molar-refractivity contribution in [2.24, 2.45) is 0 Å². The lowest BCUT2D eigenvalue weighted by Gasteiger charge is -2.10. The number of sulfonamides is 1. The van der Waals surface area contributed by atoms with Crippen LogP contribution in [0.4, 0.5) is 15.9 Å². The Morgan fingerprint density at radius 1 is 1.43 bits per heavy atom. The molecule has 2 rings (SSSR count). The monoisotopic (exact) mass is 306 g/mol. The zero-order valence-electron chi connectivity index (χ0n) is 11.0. The number of rotatable bonds is 3. The van der Waals surface area contributed by atoms with Crippen LogP contribution in [0.25, 0.3) is 0 Å². The number of benzene rings is 1. The van der Waals surface area contributed by atoms with E-state index in [2.05, 4.69) is 9.71 Å². The fraction of sp³-hybridized carbons (Fsp3) is 0.0769. The fourth-order valence-corrected chi connectivity index (χ4v) is 2.82. The largest absolute Gasteiger partial charge is 0.397 e. The van der Waals surface area contributed by atoms with Gasteiger partial charge in [-0.25, -0.2) is 17.8 Å². The Morgan fingerprint density at radius 3 is 2.76 bits per heavy atom. The van der Waals surface area contributed by atoms with Crippen molar-refractivity contribution in [2.45, 2.75) is 11.8 Å². The molecule has 0 aliphatic rings. The van der Waals surface area contributed by atoms with Crippen LogP contribution in [0.15, 0.2) is 35.4 Å². The molecular weight excluding hydrogens is 295 g/mol. The number of anilines is 2. The normalized spacial score (nSPS) is 10.9. The molecule has 108 valence electrons. The Morgan fingerprint density at radius 2 is 2.14 bits per heavy atom. The molecule has 0 aliphatic carbocycles. The number of nitrogens with two attached hydrogens (primary N) is 1. The first kappa shape index (κ1) is 14.7. The second-order valence-electron chi connectivity index (χ2n) is 4.26. The highest BCUT2D eigenvalue weighted by Gasteiger charge is 2.21. The Labute approximate surface area is 121 Å². The van der Waals surface area contributed by atoms with Gasteiger partial charge in [-0.3, -0.25) is 4.72 Å². The molecule has 0 fully saturated rings. The summed E-state index contributed by atoms with van der Waals surface area (Å²) in [5.41, 5.74) is 6.11. The summed E-state index contributed by atoms with van der Waals surface area (Å²) in [6.07, 6.45) is 1.31. The van der Waals surface area contributed by atoms with Crippen LogP contribution in [0.1, 0.15) is 11.1 Å². The predicted molar refractivity (Wildman–Crippen MR) is 75.3 cm³/mol. The molecule has 2 aromatic rings. The number of nitrogen functional groups attached to an aromatic ring is 1. The third-order valence-electron chi connectivity index (χ3n) is 2.77. The summed E-state index contributed by atoms with van der Waals surface area (Å²) in [7, 11) is -4.12. The van der Waals surface area contributed by atoms with Crippen LogP contribution in [0.2, 0.25) is 0 Å². The minimum Gasteiger partial charge on any atom is -0.397 e. The average Bonchev–Trinajstić information content (AvgIpc) is 2.42. The summed E-state index contributed by atoms with van der Waals surface area (Å²) in [6.45, 7) is 1.69. The second kappa shape index (κ2) is 5.38. The molecular formula is C13H11FN4O2S. The van der Waals surface area contributed by atoms with Gasteiger partial charge in [-0.15, -0.1) is 0 Å². The summed E-state index contributed by atoms with van der Waals surface area (Å²) >= 11 is 0. The quantitative estimate of drug-likeness (QED) is 0.898. The first-order valence-electron chi connectivity index (χ1n) is 5.78. The average molecular weight is 306 g/mol. The van der Waals surface area contributed by atoms with Crippen molar-refractivity contribution in [3.8, 4) is 6.07 Å². The van der Waals surface area contributed by atoms with Crippen molar-refractivity contribution in [3.05, 3.63) is 47.4 Å². The van der Waals surface area contributed by atoms with E-state index in [1.807, 2.05) is 0 Å². The topological polar surface area (TPSA) is 109 Å². The number of hydrogen-bond acceptors (Lipinski definition) is 5. The Kier molecular flexibility index (Phi) is 3.78. The highest BCUT2D eigenvalue weighted by Crippen LogP contribution is 2.21. The molecule has 21 heavy (non-hydrogen) atoms. The van der Waals surface area contributed by atoms with E-state index < -0.39 is 26.3 Å². The lowest BCUT2D eigenvalue weighted by molar-refractivity contribution is 0.593. The molecule has 0 aliphatic heterocycles. The van der Waals surface area contributed by atoms with Gasteiger partial charge in [-0.2, -0.15) is 5.26 Å². The predicted octanol–water partition coefficient (Wildman–Crippen LogP) is 1.78. The van der Waals surface area contributed by atoms with E-state index in [9.17, 15) is 12.8 Å². The summed E-state index contributed by atoms with van der Waals surface area (Å²) in [4.78, 5) is 3.39. The molecule has 0 atom stereocenters. The third-order valence-corrected chi connectivity index (χ3v) is 4.16. The maximum atomic E-state index is 13.5. The molecule has 0 bridgehead atoms. The number of pyridine rings is 1. The van der Waals surface area contributed by atoms with Gasteiger partial charge in [0.1, 0.15) is 28.2 Å². The maximum absolute atomic E-state index is 13.5. The van der Waals surface area contributed by atoms with Gasteiger partial charge in [0.05, 0.1) is 11.9 Å². The molecule has 0 spiro atoms. The van der Waals surface area contributed by atoms with Gasteiger partial charge < -0.3 is 5.73 Å². The number of aryl methyl sites for hydroxylation is 1. The van der Waals surface area contributed by atoms with E-state index >= 15 is 0 Å². The van der Waals surface area contributed by atoms with Gasteiger partial charge >= 0.3 is 0 Å². The molecule has 1 aromatic heterocycles. The van der Waals surface area contributed by atoms with Crippen molar-refractivity contribution in [1.29, 1.82) is 5.26 Å². The van der Waals surface area contributed by atoms with Gasteiger partial charge in [0, 0.05) is 0 Å². The highest BCUT2D eigenvalue weighted by molar-refractivity contribution is 7.92. The van der Waals surface area contributed by atoms with Crippen LogP contribution >= 0.6 is 0 Å². The lowest BCUT2D eigenvalue weighted by atomic mass is 10.2. The smallest absolute Gasteiger partial charge is 0.264 e. The maximum Gasteiger partial charge on any atom is 0.264 e. The molecule has 0 radical (unpaired) electrons. The number of hydrogen-bond donors (Lipinski definition) is 2. The molecule has 1 heterocycles. The molecule has 0 saturated heterocycles. The van der Waals surface area contributed by atoms with Gasteiger partial charge in [-0.1, -0.05) is 6.07 Å². The van der Waals surface area contributed by atoms with Crippen molar-refractivity contribution in [2.75, 3.05) is 10.5 Å². The van der Waals surface area contributed by atoms with Gasteiger partial charge in [0.25, 0.3) is 10.0 Å². The molecule has 8 heteroatoms. The summed E-state index contributed by atoms with van der Waals surface area (Å²) in [5.74, 6) is -0.864. The van der Waals surface area contributed by atoms with Gasteiger partial charge in [0.15, 0.2) is 0 Å². The standard InChI is InChI=1S/C13H11FN4O2S/c1-8-5-13(17-7-11(8)16)18-21(19,20)12-4-2-3-10(14)9(12)6-15/h2-5,7H,16H2,1H3,(H,17,18). The van der Waals surface area contributed by atoms with E-state index in [-0.39, 0.29) is 5.82 Å². The lowest BCUT2D eigenvalue weighted by Crippen LogP contribution is -2.16. The SMILES string of the molecule is Cc1cc(NS(=O)(=O)c2cccc(F)c2C#N)ncc1N. The highest BCUT2D eigenvalue weighted by atomic mass is 32.2. The zero-order chi connectivity index (χ0) is 15.6. The van der Waals surface area contributed by atoms with Crippen LogP contribution in [-0.4, -0.2) is 13.4 Å². The van der Waals surface area contributed by atoms with Gasteiger partial charge in [0.2, 0.25) is 0 Å². The first-order chi connectivity index (χ1) is 9.85. The van der Waals surface area contributed by atoms with Crippen LogP contribution in [0, 0.1) is 24.1 Å². The number of nitrogens with one attached hydrogen (secondary N) is 1. The van der Waals surface area contributed by atoms with Crippen LogP contribution in [0.5, 0.6) is 0 Å². The molecule has 6 nitrogen and oxygen atoms in total. The Balaban J connectivity index is 2.46. The summed E-state index contributed by atoms with van der Waals surface area (Å²) in [6, 6.07) is 6.36.